The van der Waals surface area contributed by atoms with E-state index in [0.29, 0.717) is 5.82 Å². The Morgan fingerprint density at radius 2 is 1.90 bits per heavy atom. The third-order valence-electron chi connectivity index (χ3n) is 2.96. The lowest BCUT2D eigenvalue weighted by molar-refractivity contribution is -0.385. The van der Waals surface area contributed by atoms with E-state index < -0.39 is 4.92 Å². The Bertz CT molecular complexity index is 589. The predicted octanol–water partition coefficient (Wildman–Crippen LogP) is 3.26. The molecule has 2 rings (SSSR count). The van der Waals surface area contributed by atoms with Gasteiger partial charge in [0.2, 0.25) is 0 Å². The molecule has 0 aliphatic carbocycles. The van der Waals surface area contributed by atoms with Crippen molar-refractivity contribution in [2.75, 3.05) is 11.9 Å². The van der Waals surface area contributed by atoms with Gasteiger partial charge in [-0.1, -0.05) is 29.3 Å². The summed E-state index contributed by atoms with van der Waals surface area (Å²) in [5, 5.41) is 13.7. The lowest BCUT2D eigenvalue weighted by Crippen LogP contribution is -2.06. The van der Waals surface area contributed by atoms with Crippen LogP contribution >= 0.6 is 0 Å². The number of nitrogens with zero attached hydrogens (tertiary/aromatic N) is 2. The van der Waals surface area contributed by atoms with Gasteiger partial charge >= 0.3 is 0 Å². The summed E-state index contributed by atoms with van der Waals surface area (Å²) in [7, 11) is 0. The van der Waals surface area contributed by atoms with Crippen molar-refractivity contribution in [1.29, 1.82) is 0 Å². The number of nitrogens with one attached hydrogen (secondary N) is 1. The van der Waals surface area contributed by atoms with Crippen LogP contribution in [-0.4, -0.2) is 16.5 Å². The predicted molar refractivity (Wildman–Crippen MR) is 79.0 cm³/mol. The number of rotatable bonds is 5. The van der Waals surface area contributed by atoms with Gasteiger partial charge < -0.3 is 5.32 Å². The van der Waals surface area contributed by atoms with Gasteiger partial charge in [-0.25, -0.2) is 4.98 Å². The fourth-order valence-electron chi connectivity index (χ4n) is 2.15. The highest BCUT2D eigenvalue weighted by atomic mass is 16.6. The number of benzene rings is 1. The van der Waals surface area contributed by atoms with E-state index in [1.54, 1.807) is 6.07 Å². The normalized spacial score (nSPS) is 10.3. The fraction of sp³-hybridized carbons (Fsp3) is 0.267. The minimum absolute atomic E-state index is 0.00450. The zero-order valence-electron chi connectivity index (χ0n) is 11.6. The molecule has 0 amide bonds. The molecule has 0 aliphatic rings. The van der Waals surface area contributed by atoms with Crippen LogP contribution < -0.4 is 5.32 Å². The summed E-state index contributed by atoms with van der Waals surface area (Å²) in [6.45, 7) is 4.91. The first-order chi connectivity index (χ1) is 9.54. The average molecular weight is 271 g/mol. The summed E-state index contributed by atoms with van der Waals surface area (Å²) in [6.07, 6.45) is 2.15. The average Bonchev–Trinajstić information content (AvgIpc) is 2.38. The van der Waals surface area contributed by atoms with Gasteiger partial charge in [0.15, 0.2) is 0 Å². The van der Waals surface area contributed by atoms with Gasteiger partial charge in [-0.05, 0) is 31.9 Å². The van der Waals surface area contributed by atoms with Gasteiger partial charge in [-0.15, -0.1) is 0 Å². The summed E-state index contributed by atoms with van der Waals surface area (Å²) in [5.41, 5.74) is 3.80. The highest BCUT2D eigenvalue weighted by molar-refractivity contribution is 5.40. The van der Waals surface area contributed by atoms with Gasteiger partial charge in [-0.3, -0.25) is 10.1 Å². The first-order valence-corrected chi connectivity index (χ1v) is 6.46. The molecule has 104 valence electrons. The summed E-state index contributed by atoms with van der Waals surface area (Å²) in [6, 6.07) is 9.55. The van der Waals surface area contributed by atoms with Crippen molar-refractivity contribution in [3.63, 3.8) is 0 Å². The molecule has 0 bridgehead atoms. The van der Waals surface area contributed by atoms with Gasteiger partial charge in [0.25, 0.3) is 5.69 Å². The minimum atomic E-state index is -0.452. The number of hydrogen-bond acceptors (Lipinski definition) is 4. The molecule has 1 N–H and O–H groups in total. The van der Waals surface area contributed by atoms with E-state index >= 15 is 0 Å². The second-order valence-corrected chi connectivity index (χ2v) is 4.83. The van der Waals surface area contributed by atoms with Gasteiger partial charge in [0.1, 0.15) is 12.0 Å². The molecule has 2 aromatic rings. The zero-order valence-corrected chi connectivity index (χ0v) is 11.6. The Kier molecular flexibility index (Phi) is 4.30. The topological polar surface area (TPSA) is 68.1 Å². The molecule has 0 spiro atoms. The summed E-state index contributed by atoms with van der Waals surface area (Å²) < 4.78 is 0. The quantitative estimate of drug-likeness (QED) is 0.669. The van der Waals surface area contributed by atoms with Crippen LogP contribution in [0.25, 0.3) is 0 Å². The Hall–Kier alpha value is -2.43. The molecule has 1 aromatic carbocycles. The summed E-state index contributed by atoms with van der Waals surface area (Å²) in [5.74, 6) is 0.653. The molecule has 20 heavy (non-hydrogen) atoms. The molecular weight excluding hydrogens is 254 g/mol. The SMILES string of the molecule is Cc1cc(C)cc(CCNc2ccc([N+](=O)[O-])cn2)c1. The van der Waals surface area contributed by atoms with Crippen molar-refractivity contribution in [3.05, 3.63) is 63.3 Å². The number of aryl methyl sites for hydroxylation is 2. The molecule has 0 atom stereocenters. The van der Waals surface area contributed by atoms with Crippen LogP contribution in [0.5, 0.6) is 0 Å². The molecule has 0 fully saturated rings. The second-order valence-electron chi connectivity index (χ2n) is 4.83. The van der Waals surface area contributed by atoms with Crippen molar-refractivity contribution in [1.82, 2.24) is 4.98 Å². The van der Waals surface area contributed by atoms with Crippen LogP contribution in [0, 0.1) is 24.0 Å². The molecule has 1 aromatic heterocycles. The van der Waals surface area contributed by atoms with Crippen LogP contribution in [0.2, 0.25) is 0 Å². The standard InChI is InChI=1S/C15H17N3O2/c1-11-7-12(2)9-13(8-11)5-6-16-15-4-3-14(10-17-15)18(19)20/h3-4,7-10H,5-6H2,1-2H3,(H,16,17). The third-order valence-corrected chi connectivity index (χ3v) is 2.96. The largest absolute Gasteiger partial charge is 0.370 e. The van der Waals surface area contributed by atoms with Crippen molar-refractivity contribution < 1.29 is 4.92 Å². The molecule has 1 heterocycles. The molecule has 0 radical (unpaired) electrons. The Labute approximate surface area is 117 Å². The maximum Gasteiger partial charge on any atom is 0.287 e. The van der Waals surface area contributed by atoms with Crippen molar-refractivity contribution in [3.8, 4) is 0 Å². The molecule has 0 unspecified atom stereocenters. The highest BCUT2D eigenvalue weighted by Crippen LogP contribution is 2.13. The van der Waals surface area contributed by atoms with Crippen molar-refractivity contribution in [2.24, 2.45) is 0 Å². The molecule has 0 aliphatic heterocycles. The van der Waals surface area contributed by atoms with E-state index in [1.807, 2.05) is 0 Å². The number of anilines is 1. The molecule has 5 nitrogen and oxygen atoms in total. The monoisotopic (exact) mass is 271 g/mol. The summed E-state index contributed by atoms with van der Waals surface area (Å²) in [4.78, 5) is 14.1. The maximum absolute atomic E-state index is 10.5. The van der Waals surface area contributed by atoms with E-state index in [2.05, 4.69) is 42.3 Å². The third kappa shape index (κ3) is 3.78. The van der Waals surface area contributed by atoms with Crippen LogP contribution in [0.1, 0.15) is 16.7 Å². The number of aromatic nitrogens is 1. The van der Waals surface area contributed by atoms with Crippen molar-refractivity contribution in [2.45, 2.75) is 20.3 Å². The smallest absolute Gasteiger partial charge is 0.287 e. The number of pyridine rings is 1. The Morgan fingerprint density at radius 3 is 2.45 bits per heavy atom. The minimum Gasteiger partial charge on any atom is -0.370 e. The van der Waals surface area contributed by atoms with E-state index in [-0.39, 0.29) is 5.69 Å². The number of nitro groups is 1. The maximum atomic E-state index is 10.5. The van der Waals surface area contributed by atoms with Gasteiger partial charge in [0, 0.05) is 12.6 Å². The molecule has 0 saturated heterocycles. The lowest BCUT2D eigenvalue weighted by Gasteiger charge is -2.07. The first kappa shape index (κ1) is 14.0. The molecular formula is C15H17N3O2. The Morgan fingerprint density at radius 1 is 1.20 bits per heavy atom. The van der Waals surface area contributed by atoms with E-state index in [1.165, 1.54) is 29.0 Å². The molecule has 5 heteroatoms. The number of hydrogen-bond donors (Lipinski definition) is 1. The first-order valence-electron chi connectivity index (χ1n) is 6.46. The zero-order chi connectivity index (χ0) is 14.5. The second kappa shape index (κ2) is 6.14. The summed E-state index contributed by atoms with van der Waals surface area (Å²) >= 11 is 0. The van der Waals surface area contributed by atoms with E-state index in [0.717, 1.165) is 13.0 Å². The van der Waals surface area contributed by atoms with Crippen molar-refractivity contribution >= 4 is 11.5 Å². The van der Waals surface area contributed by atoms with Crippen LogP contribution in [0.15, 0.2) is 36.5 Å². The molecule has 0 saturated carbocycles. The van der Waals surface area contributed by atoms with E-state index in [9.17, 15) is 10.1 Å². The van der Waals surface area contributed by atoms with Crippen LogP contribution in [-0.2, 0) is 6.42 Å². The Balaban J connectivity index is 1.90. The lowest BCUT2D eigenvalue weighted by atomic mass is 10.1. The van der Waals surface area contributed by atoms with Crippen LogP contribution in [0.3, 0.4) is 0 Å². The van der Waals surface area contributed by atoms with E-state index in [4.69, 9.17) is 0 Å². The fourth-order valence-corrected chi connectivity index (χ4v) is 2.15. The van der Waals surface area contributed by atoms with Gasteiger partial charge in [0.05, 0.1) is 4.92 Å². The van der Waals surface area contributed by atoms with Gasteiger partial charge in [-0.2, -0.15) is 0 Å². The van der Waals surface area contributed by atoms with Crippen LogP contribution in [0.4, 0.5) is 11.5 Å². The highest BCUT2D eigenvalue weighted by Gasteiger charge is 2.04.